The van der Waals surface area contributed by atoms with Crippen molar-refractivity contribution < 1.29 is 9.59 Å². The van der Waals surface area contributed by atoms with Crippen molar-refractivity contribution in [2.24, 2.45) is 10.4 Å². The Morgan fingerprint density at radius 3 is 2.36 bits per heavy atom. The van der Waals surface area contributed by atoms with Gasteiger partial charge in [0.25, 0.3) is 5.91 Å². The highest BCUT2D eigenvalue weighted by Gasteiger charge is 2.45. The van der Waals surface area contributed by atoms with Crippen LogP contribution >= 0.6 is 0 Å². The minimum Gasteiger partial charge on any atom is -0.298 e. The Hall–Kier alpha value is -3.20. The zero-order valence-corrected chi connectivity index (χ0v) is 20.9. The Labute approximate surface area is 198 Å². The molecule has 1 aromatic carbocycles. The van der Waals surface area contributed by atoms with Gasteiger partial charge in [-0.15, -0.1) is 0 Å². The minimum absolute atomic E-state index is 0.0524. The van der Waals surface area contributed by atoms with Gasteiger partial charge in [-0.3, -0.25) is 24.4 Å². The Morgan fingerprint density at radius 2 is 1.91 bits per heavy atom. The molecule has 2 unspecified atom stereocenters. The third kappa shape index (κ3) is 5.98. The van der Waals surface area contributed by atoms with E-state index >= 15 is 0 Å². The number of nitriles is 1. The number of benzene rings is 1. The number of nitrogens with zero attached hydrogens (tertiary/aromatic N) is 4. The van der Waals surface area contributed by atoms with Crippen LogP contribution in [-0.2, 0) is 15.0 Å². The monoisotopic (exact) mass is 448 g/mol. The first-order valence-electron chi connectivity index (χ1n) is 11.3. The number of rotatable bonds is 7. The van der Waals surface area contributed by atoms with Gasteiger partial charge < -0.3 is 0 Å². The van der Waals surface area contributed by atoms with E-state index in [-0.39, 0.29) is 22.5 Å². The van der Waals surface area contributed by atoms with E-state index in [2.05, 4.69) is 38.7 Å². The fourth-order valence-electron chi connectivity index (χ4n) is 4.35. The van der Waals surface area contributed by atoms with Gasteiger partial charge in [0.05, 0.1) is 0 Å². The summed E-state index contributed by atoms with van der Waals surface area (Å²) in [6.07, 6.45) is 7.79. The summed E-state index contributed by atoms with van der Waals surface area (Å²) in [5.41, 5.74) is 2.05. The van der Waals surface area contributed by atoms with E-state index in [1.807, 2.05) is 45.0 Å². The number of ketones is 1. The lowest BCUT2D eigenvalue weighted by Crippen LogP contribution is -2.52. The van der Waals surface area contributed by atoms with E-state index < -0.39 is 12.1 Å². The second kappa shape index (κ2) is 10.2. The number of carbonyl (C=O) groups is 2. The van der Waals surface area contributed by atoms with Crippen molar-refractivity contribution in [2.75, 3.05) is 11.4 Å². The molecule has 0 aliphatic carbocycles. The van der Waals surface area contributed by atoms with Gasteiger partial charge in [0, 0.05) is 24.0 Å². The molecule has 1 fully saturated rings. The van der Waals surface area contributed by atoms with Crippen molar-refractivity contribution in [3.63, 3.8) is 0 Å². The van der Waals surface area contributed by atoms with E-state index in [4.69, 9.17) is 0 Å². The van der Waals surface area contributed by atoms with E-state index in [9.17, 15) is 14.9 Å². The summed E-state index contributed by atoms with van der Waals surface area (Å²) in [6.45, 7) is 17.8. The fraction of sp³-hybridized carbons (Fsp3) is 0.481. The number of Topliss-reactive ketones (excluding diaryl/α,β-unsaturated/α-hetero) is 1. The molecule has 0 aromatic heterocycles. The van der Waals surface area contributed by atoms with Gasteiger partial charge in [-0.25, -0.2) is 0 Å². The Balaban J connectivity index is 2.68. The summed E-state index contributed by atoms with van der Waals surface area (Å²) in [5, 5.41) is 9.71. The average molecular weight is 449 g/mol. The van der Waals surface area contributed by atoms with Crippen LogP contribution in [0.15, 0.2) is 53.2 Å². The molecule has 2 rings (SSSR count). The largest absolute Gasteiger partial charge is 0.298 e. The van der Waals surface area contributed by atoms with Crippen LogP contribution in [0, 0.1) is 16.9 Å². The topological polar surface area (TPSA) is 76.8 Å². The number of aliphatic imine (C=N–C) groups is 1. The average Bonchev–Trinajstić information content (AvgIpc) is 3.05. The maximum Gasteiger partial charge on any atom is 0.251 e. The van der Waals surface area contributed by atoms with Crippen molar-refractivity contribution >= 4 is 24.1 Å². The van der Waals surface area contributed by atoms with E-state index in [1.165, 1.54) is 22.9 Å². The summed E-state index contributed by atoms with van der Waals surface area (Å²) in [5.74, 6) is -0.470. The van der Waals surface area contributed by atoms with Crippen molar-refractivity contribution in [3.8, 4) is 6.19 Å². The maximum atomic E-state index is 14.0. The number of allylic oxidation sites excluding steroid dienone is 1. The highest BCUT2D eigenvalue weighted by molar-refractivity contribution is 6.05. The lowest BCUT2D eigenvalue weighted by molar-refractivity contribution is -0.125. The fourth-order valence-corrected chi connectivity index (χ4v) is 4.35. The van der Waals surface area contributed by atoms with Crippen molar-refractivity contribution in [2.45, 2.75) is 72.4 Å². The number of likely N-dealkylation sites (tertiary alicyclic amines) is 1. The molecule has 0 saturated carbocycles. The van der Waals surface area contributed by atoms with Gasteiger partial charge in [-0.2, -0.15) is 5.26 Å². The van der Waals surface area contributed by atoms with Crippen LogP contribution < -0.4 is 4.90 Å². The van der Waals surface area contributed by atoms with E-state index in [1.54, 1.807) is 12.2 Å². The van der Waals surface area contributed by atoms with Crippen LogP contribution in [0.4, 0.5) is 5.69 Å². The molecule has 33 heavy (non-hydrogen) atoms. The molecule has 1 saturated heterocycles. The summed E-state index contributed by atoms with van der Waals surface area (Å²) in [6, 6.07) is 6.19. The number of hydrogen-bond donors (Lipinski definition) is 0. The SMILES string of the molecule is C=N/C=C(\C=C/C)C(C(C)=O)N(C(=O)C1CC(C)(C)CN1C#N)c1ccc(C(C)(C)C)cc1. The lowest BCUT2D eigenvalue weighted by atomic mass is 9.87. The van der Waals surface area contributed by atoms with E-state index in [0.717, 1.165) is 5.56 Å². The summed E-state index contributed by atoms with van der Waals surface area (Å²) in [4.78, 5) is 33.9. The molecule has 0 bridgehead atoms. The molecule has 1 aliphatic heterocycles. The number of amides is 1. The zero-order valence-electron chi connectivity index (χ0n) is 20.9. The summed E-state index contributed by atoms with van der Waals surface area (Å²) < 4.78 is 0. The highest BCUT2D eigenvalue weighted by Crippen LogP contribution is 2.36. The molecule has 0 radical (unpaired) electrons. The molecule has 1 aliphatic rings. The first-order valence-corrected chi connectivity index (χ1v) is 11.3. The first-order chi connectivity index (χ1) is 15.4. The molecule has 2 atom stereocenters. The van der Waals surface area contributed by atoms with Crippen LogP contribution in [0.2, 0.25) is 0 Å². The highest BCUT2D eigenvalue weighted by atomic mass is 16.2. The smallest absolute Gasteiger partial charge is 0.251 e. The lowest BCUT2D eigenvalue weighted by Gasteiger charge is -2.34. The van der Waals surface area contributed by atoms with Crippen molar-refractivity contribution in [1.29, 1.82) is 5.26 Å². The maximum absolute atomic E-state index is 14.0. The number of anilines is 1. The molecule has 0 N–H and O–H groups in total. The van der Waals surface area contributed by atoms with Gasteiger partial charge >= 0.3 is 0 Å². The molecular weight excluding hydrogens is 412 g/mol. The van der Waals surface area contributed by atoms with Crippen LogP contribution in [-0.4, -0.2) is 41.9 Å². The van der Waals surface area contributed by atoms with Gasteiger partial charge in [-0.05, 0) is 55.5 Å². The predicted molar refractivity (Wildman–Crippen MR) is 134 cm³/mol. The quantitative estimate of drug-likeness (QED) is 0.333. The van der Waals surface area contributed by atoms with Gasteiger partial charge in [-0.1, -0.05) is 58.9 Å². The molecule has 176 valence electrons. The Kier molecular flexibility index (Phi) is 8.02. The second-order valence-corrected chi connectivity index (χ2v) is 10.4. The van der Waals surface area contributed by atoms with Gasteiger partial charge in [0.2, 0.25) is 0 Å². The Morgan fingerprint density at radius 1 is 1.30 bits per heavy atom. The second-order valence-electron chi connectivity index (χ2n) is 10.4. The Bertz CT molecular complexity index is 990. The van der Waals surface area contributed by atoms with Crippen LogP contribution in [0.25, 0.3) is 0 Å². The number of hydrogen-bond acceptors (Lipinski definition) is 5. The van der Waals surface area contributed by atoms with Crippen LogP contribution in [0.5, 0.6) is 0 Å². The standard InChI is InChI=1S/C27H36N4O2/c1-9-10-20(16-29-8)24(19(2)32)31(22-13-11-21(12-14-22)26(3,4)5)25(33)23-15-27(6,7)17-30(23)18-28/h9-14,16,23-24H,8,15,17H2,1-7H3/b10-9-,20-16+. The third-order valence-corrected chi connectivity index (χ3v) is 5.94. The first kappa shape index (κ1) is 26.1. The third-order valence-electron chi connectivity index (χ3n) is 5.94. The minimum atomic E-state index is -0.885. The van der Waals surface area contributed by atoms with Crippen LogP contribution in [0.1, 0.15) is 60.5 Å². The number of carbonyl (C=O) groups excluding carboxylic acids is 2. The van der Waals surface area contributed by atoms with Crippen LogP contribution in [0.3, 0.4) is 0 Å². The normalized spacial score (nSPS) is 19.3. The summed E-state index contributed by atoms with van der Waals surface area (Å²) in [7, 11) is 0. The zero-order chi connectivity index (χ0) is 25.0. The predicted octanol–water partition coefficient (Wildman–Crippen LogP) is 5.02. The molecule has 1 amide bonds. The van der Waals surface area contributed by atoms with E-state index in [0.29, 0.717) is 24.2 Å². The van der Waals surface area contributed by atoms with Crippen molar-refractivity contribution in [1.82, 2.24) is 4.90 Å². The summed E-state index contributed by atoms with van der Waals surface area (Å²) >= 11 is 0. The molecular formula is C27H36N4O2. The van der Waals surface area contributed by atoms with Crippen molar-refractivity contribution in [3.05, 3.63) is 53.8 Å². The molecule has 6 heteroatoms. The molecule has 0 spiro atoms. The van der Waals surface area contributed by atoms with Gasteiger partial charge in [0.15, 0.2) is 12.0 Å². The molecule has 1 aromatic rings. The van der Waals surface area contributed by atoms with Gasteiger partial charge in [0.1, 0.15) is 12.1 Å². The molecule has 6 nitrogen and oxygen atoms in total. The molecule has 1 heterocycles.